The van der Waals surface area contributed by atoms with Crippen molar-refractivity contribution in [1.82, 2.24) is 9.97 Å². The van der Waals surface area contributed by atoms with Crippen molar-refractivity contribution >= 4 is 11.7 Å². The zero-order chi connectivity index (χ0) is 14.0. The van der Waals surface area contributed by atoms with Crippen molar-refractivity contribution in [1.29, 1.82) is 0 Å². The summed E-state index contributed by atoms with van der Waals surface area (Å²) < 4.78 is 0. The lowest BCUT2D eigenvalue weighted by atomic mass is 10.1. The molecule has 0 bridgehead atoms. The van der Waals surface area contributed by atoms with Gasteiger partial charge in [-0.1, -0.05) is 13.8 Å². The number of β-amino-alcohol motifs (C(OH)–C–C–N with tert-alkyl or cyclic N) is 1. The molecule has 1 aliphatic heterocycles. The number of carbonyl (C=O) groups is 1. The van der Waals surface area contributed by atoms with Gasteiger partial charge in [0.2, 0.25) is 0 Å². The standard InChI is InChI=1S/C13H19N3O3/c1-8(2)12-14-6-10(11(15-12)13(18)19)16-5-3-4-9(17)7-16/h6,8-9,17H,3-5,7H2,1-2H3,(H,18,19). The molecule has 6 nitrogen and oxygen atoms in total. The van der Waals surface area contributed by atoms with E-state index in [4.69, 9.17) is 0 Å². The second-order valence-electron chi connectivity index (χ2n) is 5.16. The number of nitrogens with zero attached hydrogens (tertiary/aromatic N) is 3. The Kier molecular flexibility index (Phi) is 3.99. The summed E-state index contributed by atoms with van der Waals surface area (Å²) in [5, 5.41) is 19.0. The summed E-state index contributed by atoms with van der Waals surface area (Å²) in [6, 6.07) is 0. The second kappa shape index (κ2) is 5.52. The number of rotatable bonds is 3. The minimum absolute atomic E-state index is 0.0211. The molecule has 2 N–H and O–H groups in total. The van der Waals surface area contributed by atoms with Crippen molar-refractivity contribution in [2.24, 2.45) is 0 Å². The van der Waals surface area contributed by atoms with Crippen LogP contribution in [0.15, 0.2) is 6.20 Å². The number of anilines is 1. The summed E-state index contributed by atoms with van der Waals surface area (Å²) in [6.45, 7) is 5.00. The maximum absolute atomic E-state index is 11.3. The summed E-state index contributed by atoms with van der Waals surface area (Å²) in [5.41, 5.74) is 0.517. The molecule has 1 unspecified atom stereocenters. The van der Waals surface area contributed by atoms with E-state index < -0.39 is 12.1 Å². The fourth-order valence-electron chi connectivity index (χ4n) is 2.23. The molecule has 1 atom stereocenters. The minimum Gasteiger partial charge on any atom is -0.476 e. The maximum atomic E-state index is 11.3. The molecule has 0 saturated carbocycles. The topological polar surface area (TPSA) is 86.5 Å². The minimum atomic E-state index is -1.06. The zero-order valence-electron chi connectivity index (χ0n) is 11.2. The highest BCUT2D eigenvalue weighted by atomic mass is 16.4. The maximum Gasteiger partial charge on any atom is 0.356 e. The Morgan fingerprint density at radius 3 is 2.84 bits per heavy atom. The molecule has 6 heteroatoms. The van der Waals surface area contributed by atoms with Crippen molar-refractivity contribution < 1.29 is 15.0 Å². The Morgan fingerprint density at radius 1 is 1.53 bits per heavy atom. The molecule has 1 aliphatic rings. The van der Waals surface area contributed by atoms with Gasteiger partial charge < -0.3 is 15.1 Å². The highest BCUT2D eigenvalue weighted by molar-refractivity contribution is 5.92. The van der Waals surface area contributed by atoms with E-state index in [0.717, 1.165) is 19.4 Å². The normalized spacial score (nSPS) is 19.8. The lowest BCUT2D eigenvalue weighted by Crippen LogP contribution is -2.39. The SMILES string of the molecule is CC(C)c1ncc(N2CCCC(O)C2)c(C(=O)O)n1. The van der Waals surface area contributed by atoms with Gasteiger partial charge in [-0.15, -0.1) is 0 Å². The number of hydrogen-bond donors (Lipinski definition) is 2. The molecular weight excluding hydrogens is 246 g/mol. The van der Waals surface area contributed by atoms with Gasteiger partial charge in [0.15, 0.2) is 5.69 Å². The van der Waals surface area contributed by atoms with Crippen LogP contribution in [0.4, 0.5) is 5.69 Å². The third kappa shape index (κ3) is 3.01. The average molecular weight is 265 g/mol. The number of aliphatic hydroxyl groups is 1. The first-order valence-corrected chi connectivity index (χ1v) is 6.52. The summed E-state index contributed by atoms with van der Waals surface area (Å²) in [4.78, 5) is 21.6. The Balaban J connectivity index is 2.36. The summed E-state index contributed by atoms with van der Waals surface area (Å²) in [7, 11) is 0. The first-order chi connectivity index (χ1) is 8.99. The number of carboxylic acids is 1. The van der Waals surface area contributed by atoms with Crippen LogP contribution < -0.4 is 4.90 Å². The van der Waals surface area contributed by atoms with Gasteiger partial charge in [0.1, 0.15) is 5.82 Å². The molecule has 19 heavy (non-hydrogen) atoms. The predicted octanol–water partition coefficient (Wildman–Crippen LogP) is 1.26. The monoisotopic (exact) mass is 265 g/mol. The number of aromatic nitrogens is 2. The molecule has 2 heterocycles. The molecule has 1 fully saturated rings. The van der Waals surface area contributed by atoms with Crippen LogP contribution in [0.1, 0.15) is 48.9 Å². The van der Waals surface area contributed by atoms with Crippen molar-refractivity contribution in [3.8, 4) is 0 Å². The van der Waals surface area contributed by atoms with Crippen LogP contribution in [0.3, 0.4) is 0 Å². The van der Waals surface area contributed by atoms with Gasteiger partial charge >= 0.3 is 5.97 Å². The van der Waals surface area contributed by atoms with Crippen LogP contribution in [-0.4, -0.2) is 45.3 Å². The zero-order valence-corrected chi connectivity index (χ0v) is 11.2. The van der Waals surface area contributed by atoms with Gasteiger partial charge in [-0.2, -0.15) is 0 Å². The molecule has 0 amide bonds. The van der Waals surface area contributed by atoms with Gasteiger partial charge in [-0.3, -0.25) is 0 Å². The van der Waals surface area contributed by atoms with E-state index in [1.165, 1.54) is 0 Å². The van der Waals surface area contributed by atoms with Crippen LogP contribution in [-0.2, 0) is 0 Å². The van der Waals surface area contributed by atoms with E-state index in [9.17, 15) is 15.0 Å². The second-order valence-corrected chi connectivity index (χ2v) is 5.16. The highest BCUT2D eigenvalue weighted by Gasteiger charge is 2.24. The van der Waals surface area contributed by atoms with E-state index in [1.54, 1.807) is 6.20 Å². The van der Waals surface area contributed by atoms with Crippen molar-refractivity contribution in [3.63, 3.8) is 0 Å². The van der Waals surface area contributed by atoms with E-state index in [2.05, 4.69) is 9.97 Å². The van der Waals surface area contributed by atoms with E-state index in [-0.39, 0.29) is 11.6 Å². The summed E-state index contributed by atoms with van der Waals surface area (Å²) >= 11 is 0. The fourth-order valence-corrected chi connectivity index (χ4v) is 2.23. The molecule has 0 aliphatic carbocycles. The quantitative estimate of drug-likeness (QED) is 0.855. The summed E-state index contributed by atoms with van der Waals surface area (Å²) in [6.07, 6.45) is 2.74. The predicted molar refractivity (Wildman–Crippen MR) is 70.5 cm³/mol. The largest absolute Gasteiger partial charge is 0.476 e. The molecular formula is C13H19N3O3. The number of piperidine rings is 1. The van der Waals surface area contributed by atoms with Gasteiger partial charge in [0.25, 0.3) is 0 Å². The Labute approximate surface area is 112 Å². The fraction of sp³-hybridized carbons (Fsp3) is 0.615. The molecule has 0 radical (unpaired) electrons. The molecule has 2 rings (SSSR count). The van der Waals surface area contributed by atoms with Crippen molar-refractivity contribution in [3.05, 3.63) is 17.7 Å². The molecule has 0 aromatic carbocycles. The molecule has 104 valence electrons. The lowest BCUT2D eigenvalue weighted by molar-refractivity contribution is 0.0689. The van der Waals surface area contributed by atoms with E-state index in [1.807, 2.05) is 18.7 Å². The Bertz CT molecular complexity index is 476. The Morgan fingerprint density at radius 2 is 2.26 bits per heavy atom. The van der Waals surface area contributed by atoms with Crippen molar-refractivity contribution in [2.75, 3.05) is 18.0 Å². The van der Waals surface area contributed by atoms with Crippen LogP contribution in [0.2, 0.25) is 0 Å². The van der Waals surface area contributed by atoms with Crippen molar-refractivity contribution in [2.45, 2.75) is 38.7 Å². The average Bonchev–Trinajstić information content (AvgIpc) is 2.37. The Hall–Kier alpha value is -1.69. The third-order valence-corrected chi connectivity index (χ3v) is 3.24. The van der Waals surface area contributed by atoms with Crippen LogP contribution >= 0.6 is 0 Å². The molecule has 1 aromatic rings. The smallest absolute Gasteiger partial charge is 0.356 e. The van der Waals surface area contributed by atoms with Crippen LogP contribution in [0, 0.1) is 0 Å². The highest BCUT2D eigenvalue weighted by Crippen LogP contribution is 2.24. The van der Waals surface area contributed by atoms with E-state index >= 15 is 0 Å². The molecule has 0 spiro atoms. The van der Waals surface area contributed by atoms with Crippen LogP contribution in [0.25, 0.3) is 0 Å². The van der Waals surface area contributed by atoms with Crippen LogP contribution in [0.5, 0.6) is 0 Å². The first kappa shape index (κ1) is 13.7. The van der Waals surface area contributed by atoms with E-state index in [0.29, 0.717) is 18.1 Å². The van der Waals surface area contributed by atoms with Gasteiger partial charge in [0, 0.05) is 19.0 Å². The van der Waals surface area contributed by atoms with Gasteiger partial charge in [-0.05, 0) is 12.8 Å². The van der Waals surface area contributed by atoms with Gasteiger partial charge in [-0.25, -0.2) is 14.8 Å². The van der Waals surface area contributed by atoms with Gasteiger partial charge in [0.05, 0.1) is 18.0 Å². The third-order valence-electron chi connectivity index (χ3n) is 3.24. The first-order valence-electron chi connectivity index (χ1n) is 6.52. The number of carboxylic acid groups (broad SMARTS) is 1. The summed E-state index contributed by atoms with van der Waals surface area (Å²) in [5.74, 6) is -0.447. The number of hydrogen-bond acceptors (Lipinski definition) is 5. The number of aromatic carboxylic acids is 1. The number of aliphatic hydroxyl groups excluding tert-OH is 1. The lowest BCUT2D eigenvalue weighted by Gasteiger charge is -2.32. The molecule has 1 aromatic heterocycles. The molecule has 1 saturated heterocycles.